The molecule has 0 bridgehead atoms. The average molecular weight is 337 g/mol. The first-order valence-electron chi connectivity index (χ1n) is 8.77. The van der Waals surface area contributed by atoms with Gasteiger partial charge in [0.25, 0.3) is 0 Å². The summed E-state index contributed by atoms with van der Waals surface area (Å²) < 4.78 is 0. The summed E-state index contributed by atoms with van der Waals surface area (Å²) in [5, 5.41) is 4.68. The Labute approximate surface area is 149 Å². The number of H-pyrrole nitrogens is 1. The molecule has 0 unspecified atom stereocenters. The van der Waals surface area contributed by atoms with Gasteiger partial charge in [0.1, 0.15) is 4.99 Å². The van der Waals surface area contributed by atoms with E-state index < -0.39 is 0 Å². The topological polar surface area (TPSA) is 27.8 Å². The van der Waals surface area contributed by atoms with Gasteiger partial charge in [-0.2, -0.15) is 0 Å². The van der Waals surface area contributed by atoms with Crippen LogP contribution in [0.15, 0.2) is 48.5 Å². The van der Waals surface area contributed by atoms with Crippen LogP contribution in [0.3, 0.4) is 0 Å². The summed E-state index contributed by atoms with van der Waals surface area (Å²) in [6.45, 7) is 4.92. The number of rotatable bonds is 3. The fraction of sp³-hybridized carbons (Fsp3) is 0.286. The fourth-order valence-corrected chi connectivity index (χ4v) is 3.63. The Bertz CT molecular complexity index is 834. The molecule has 1 aliphatic rings. The number of thiocarbonyl (C=S) groups is 1. The van der Waals surface area contributed by atoms with Gasteiger partial charge >= 0.3 is 0 Å². The second kappa shape index (κ2) is 7.63. The monoisotopic (exact) mass is 336 g/mol. The molecule has 3 aromatic rings. The number of aromatic nitrogens is 1. The van der Waals surface area contributed by atoms with Gasteiger partial charge in [-0.3, -0.25) is 0 Å². The predicted octanol–water partition coefficient (Wildman–Crippen LogP) is 4.80. The van der Waals surface area contributed by atoms with E-state index in [2.05, 4.69) is 58.8 Å². The maximum Gasteiger partial charge on any atom is 0.107 e. The molecule has 24 heavy (non-hydrogen) atoms. The van der Waals surface area contributed by atoms with E-state index in [9.17, 15) is 0 Å². The Hall–Kier alpha value is -2.13. The van der Waals surface area contributed by atoms with Gasteiger partial charge in [0.05, 0.1) is 0 Å². The molecule has 2 heterocycles. The van der Waals surface area contributed by atoms with E-state index in [-0.39, 0.29) is 0 Å². The first-order chi connectivity index (χ1) is 11.8. The van der Waals surface area contributed by atoms with Gasteiger partial charge in [-0.15, -0.1) is 0 Å². The SMILES string of the molecule is CC.S=C1NCCc2c(CCc3ccccc3)[nH]c3cccc1c23. The lowest BCUT2D eigenvalue weighted by Gasteiger charge is -2.05. The van der Waals surface area contributed by atoms with Crippen molar-refractivity contribution in [1.82, 2.24) is 10.3 Å². The number of hydrogen-bond donors (Lipinski definition) is 2. The zero-order valence-electron chi connectivity index (χ0n) is 14.4. The van der Waals surface area contributed by atoms with Crippen LogP contribution in [-0.2, 0) is 19.3 Å². The lowest BCUT2D eigenvalue weighted by Crippen LogP contribution is -2.22. The van der Waals surface area contributed by atoms with Gasteiger partial charge in [-0.1, -0.05) is 68.5 Å². The van der Waals surface area contributed by atoms with Crippen LogP contribution in [0, 0.1) is 0 Å². The molecule has 0 saturated heterocycles. The molecule has 0 amide bonds. The lowest BCUT2D eigenvalue weighted by atomic mass is 10.0. The van der Waals surface area contributed by atoms with Crippen molar-refractivity contribution in [3.63, 3.8) is 0 Å². The van der Waals surface area contributed by atoms with Crippen molar-refractivity contribution in [3.05, 3.63) is 70.9 Å². The molecule has 4 rings (SSSR count). The minimum absolute atomic E-state index is 0.873. The zero-order chi connectivity index (χ0) is 16.9. The maximum atomic E-state index is 5.51. The molecule has 124 valence electrons. The van der Waals surface area contributed by atoms with E-state index in [4.69, 9.17) is 12.2 Å². The fourth-order valence-electron chi connectivity index (χ4n) is 3.36. The molecule has 0 saturated carbocycles. The van der Waals surface area contributed by atoms with Crippen molar-refractivity contribution >= 4 is 28.1 Å². The molecule has 0 radical (unpaired) electrons. The number of hydrogen-bond acceptors (Lipinski definition) is 1. The van der Waals surface area contributed by atoms with Crippen LogP contribution in [-0.4, -0.2) is 16.5 Å². The Kier molecular flexibility index (Phi) is 5.31. The van der Waals surface area contributed by atoms with Gasteiger partial charge in [0.15, 0.2) is 0 Å². The molecule has 0 atom stereocenters. The molecule has 1 aromatic heterocycles. The Balaban J connectivity index is 0.000000815. The van der Waals surface area contributed by atoms with Crippen molar-refractivity contribution in [1.29, 1.82) is 0 Å². The molecule has 3 heteroatoms. The molecule has 2 aromatic carbocycles. The van der Waals surface area contributed by atoms with E-state index in [0.29, 0.717) is 0 Å². The van der Waals surface area contributed by atoms with Gasteiger partial charge in [0, 0.05) is 28.7 Å². The van der Waals surface area contributed by atoms with Gasteiger partial charge in [-0.05, 0) is 36.5 Å². The van der Waals surface area contributed by atoms with Crippen LogP contribution in [0.4, 0.5) is 0 Å². The summed E-state index contributed by atoms with van der Waals surface area (Å²) in [7, 11) is 0. The average Bonchev–Trinajstić information content (AvgIpc) is 2.90. The molecule has 0 fully saturated rings. The quantitative estimate of drug-likeness (QED) is 0.672. The standard InChI is InChI=1S/C19H18N2S.C2H6/c22-19-15-7-4-8-17-18(15)14(11-12-20-19)16(21-17)10-9-13-5-2-1-3-6-13;1-2/h1-8,21H,9-12H2,(H,20,22);1-2H3. The third kappa shape index (κ3) is 3.22. The highest BCUT2D eigenvalue weighted by Gasteiger charge is 2.19. The Morgan fingerprint density at radius 1 is 0.958 bits per heavy atom. The summed E-state index contributed by atoms with van der Waals surface area (Å²) in [6, 6.07) is 17.0. The summed E-state index contributed by atoms with van der Waals surface area (Å²) >= 11 is 5.51. The number of aromatic amines is 1. The largest absolute Gasteiger partial charge is 0.375 e. The van der Waals surface area contributed by atoms with E-state index in [0.717, 1.165) is 30.8 Å². The predicted molar refractivity (Wildman–Crippen MR) is 107 cm³/mol. The maximum absolute atomic E-state index is 5.51. The third-order valence-corrected chi connectivity index (χ3v) is 4.79. The normalized spacial score (nSPS) is 13.0. The lowest BCUT2D eigenvalue weighted by molar-refractivity contribution is 0.851. The van der Waals surface area contributed by atoms with Crippen LogP contribution in [0.5, 0.6) is 0 Å². The summed E-state index contributed by atoms with van der Waals surface area (Å²) in [5.41, 5.74) is 6.56. The van der Waals surface area contributed by atoms with Crippen molar-refractivity contribution in [2.45, 2.75) is 33.1 Å². The Morgan fingerprint density at radius 3 is 2.54 bits per heavy atom. The molecule has 1 aliphatic heterocycles. The second-order valence-electron chi connectivity index (χ2n) is 5.80. The second-order valence-corrected chi connectivity index (χ2v) is 6.21. The highest BCUT2D eigenvalue weighted by molar-refractivity contribution is 7.80. The zero-order valence-corrected chi connectivity index (χ0v) is 15.2. The highest BCUT2D eigenvalue weighted by atomic mass is 32.1. The number of benzene rings is 2. The molecule has 0 aliphatic carbocycles. The van der Waals surface area contributed by atoms with Crippen molar-refractivity contribution in [2.24, 2.45) is 0 Å². The number of aryl methyl sites for hydroxylation is 2. The summed E-state index contributed by atoms with van der Waals surface area (Å²) in [6.07, 6.45) is 3.13. The summed E-state index contributed by atoms with van der Waals surface area (Å²) in [5.74, 6) is 0. The van der Waals surface area contributed by atoms with Crippen LogP contribution in [0.1, 0.15) is 36.2 Å². The third-order valence-electron chi connectivity index (χ3n) is 4.43. The molecule has 2 nitrogen and oxygen atoms in total. The minimum Gasteiger partial charge on any atom is -0.375 e. The van der Waals surface area contributed by atoms with Gasteiger partial charge in [0.2, 0.25) is 0 Å². The Morgan fingerprint density at radius 2 is 1.75 bits per heavy atom. The smallest absolute Gasteiger partial charge is 0.107 e. The first-order valence-corrected chi connectivity index (χ1v) is 9.18. The van der Waals surface area contributed by atoms with Gasteiger partial charge in [-0.25, -0.2) is 0 Å². The molecule has 2 N–H and O–H groups in total. The van der Waals surface area contributed by atoms with Crippen molar-refractivity contribution in [3.8, 4) is 0 Å². The molecular weight excluding hydrogens is 312 g/mol. The van der Waals surface area contributed by atoms with Crippen molar-refractivity contribution in [2.75, 3.05) is 6.54 Å². The minimum atomic E-state index is 0.873. The van der Waals surface area contributed by atoms with Crippen LogP contribution in [0.2, 0.25) is 0 Å². The first kappa shape index (κ1) is 16.7. The highest BCUT2D eigenvalue weighted by Crippen LogP contribution is 2.29. The van der Waals surface area contributed by atoms with E-state index in [1.165, 1.54) is 33.3 Å². The van der Waals surface area contributed by atoms with E-state index in [1.54, 1.807) is 0 Å². The van der Waals surface area contributed by atoms with Crippen LogP contribution >= 0.6 is 12.2 Å². The van der Waals surface area contributed by atoms with Crippen molar-refractivity contribution < 1.29 is 0 Å². The van der Waals surface area contributed by atoms with Crippen LogP contribution < -0.4 is 5.32 Å². The molecular formula is C21H24N2S. The van der Waals surface area contributed by atoms with E-state index >= 15 is 0 Å². The summed E-state index contributed by atoms with van der Waals surface area (Å²) in [4.78, 5) is 4.50. The van der Waals surface area contributed by atoms with Gasteiger partial charge < -0.3 is 10.3 Å². The number of nitrogens with one attached hydrogen (secondary N) is 2. The molecule has 0 spiro atoms. The van der Waals surface area contributed by atoms with E-state index in [1.807, 2.05) is 13.8 Å². The van der Waals surface area contributed by atoms with Crippen LogP contribution in [0.25, 0.3) is 10.9 Å².